The van der Waals surface area contributed by atoms with E-state index in [0.29, 0.717) is 22.2 Å². The first-order valence-corrected chi connectivity index (χ1v) is 12.8. The van der Waals surface area contributed by atoms with Crippen molar-refractivity contribution in [3.63, 3.8) is 0 Å². The van der Waals surface area contributed by atoms with Crippen LogP contribution in [0.25, 0.3) is 11.3 Å². The number of aryl methyl sites for hydroxylation is 1. The van der Waals surface area contributed by atoms with Crippen molar-refractivity contribution in [3.8, 4) is 11.3 Å². The zero-order chi connectivity index (χ0) is 24.8. The molecule has 0 atom stereocenters. The van der Waals surface area contributed by atoms with Gasteiger partial charge in [0.15, 0.2) is 5.16 Å². The Balaban J connectivity index is 0.00000361. The standard InChI is InChI=1S/C23H20N6O4S2.ClH/c1-15-11-12-24-22(25-15)29-35(32,33)18-9-7-17(8-10-18)26-21(31)14-34-23-27-19(13-20(30)28-23)16-5-3-2-4-6-16;/h2-13H,14H2,1H3,(H,26,31)(H,24,25,29)(H,27,28,30);1H. The van der Waals surface area contributed by atoms with Gasteiger partial charge in [-0.2, -0.15) is 0 Å². The van der Waals surface area contributed by atoms with Crippen LogP contribution in [0.3, 0.4) is 0 Å². The van der Waals surface area contributed by atoms with Gasteiger partial charge in [0.05, 0.1) is 16.3 Å². The van der Waals surface area contributed by atoms with Gasteiger partial charge < -0.3 is 10.3 Å². The summed E-state index contributed by atoms with van der Waals surface area (Å²) < 4.78 is 27.4. The number of carbonyl (C=O) groups excluding carboxylic acids is 1. The minimum atomic E-state index is -3.89. The van der Waals surface area contributed by atoms with Crippen LogP contribution < -0.4 is 15.6 Å². The van der Waals surface area contributed by atoms with Crippen LogP contribution in [-0.2, 0) is 14.8 Å². The lowest BCUT2D eigenvalue weighted by Gasteiger charge is -2.09. The Kier molecular flexibility index (Phi) is 8.80. The Morgan fingerprint density at radius 2 is 1.75 bits per heavy atom. The summed E-state index contributed by atoms with van der Waals surface area (Å²) in [5, 5.41) is 3.01. The van der Waals surface area contributed by atoms with E-state index in [9.17, 15) is 18.0 Å². The van der Waals surface area contributed by atoms with Gasteiger partial charge in [0, 0.05) is 29.2 Å². The van der Waals surface area contributed by atoms with E-state index in [2.05, 4.69) is 30.0 Å². The van der Waals surface area contributed by atoms with Gasteiger partial charge >= 0.3 is 0 Å². The third kappa shape index (κ3) is 7.13. The number of H-pyrrole nitrogens is 1. The Morgan fingerprint density at radius 1 is 1.03 bits per heavy atom. The van der Waals surface area contributed by atoms with Crippen LogP contribution in [0.4, 0.5) is 11.6 Å². The van der Waals surface area contributed by atoms with Gasteiger partial charge in [0.2, 0.25) is 11.9 Å². The summed E-state index contributed by atoms with van der Waals surface area (Å²) in [6, 6.07) is 18.0. The summed E-state index contributed by atoms with van der Waals surface area (Å²) in [5.41, 5.74) is 2.03. The number of hydrogen-bond acceptors (Lipinski definition) is 8. The van der Waals surface area contributed by atoms with Crippen LogP contribution in [-0.4, -0.2) is 40.0 Å². The number of hydrogen-bond donors (Lipinski definition) is 3. The maximum atomic E-state index is 12.5. The minimum absolute atomic E-state index is 0. The van der Waals surface area contributed by atoms with Gasteiger partial charge in [0.25, 0.3) is 15.6 Å². The smallest absolute Gasteiger partial charge is 0.264 e. The number of aromatic nitrogens is 4. The molecule has 10 nitrogen and oxygen atoms in total. The maximum Gasteiger partial charge on any atom is 0.264 e. The molecule has 2 aromatic heterocycles. The fourth-order valence-electron chi connectivity index (χ4n) is 2.99. The molecule has 36 heavy (non-hydrogen) atoms. The molecule has 0 bridgehead atoms. The van der Waals surface area contributed by atoms with E-state index in [1.165, 1.54) is 36.5 Å². The molecule has 0 fully saturated rings. The topological polar surface area (TPSA) is 147 Å². The highest BCUT2D eigenvalue weighted by Crippen LogP contribution is 2.20. The molecule has 0 radical (unpaired) electrons. The van der Waals surface area contributed by atoms with Crippen molar-refractivity contribution < 1.29 is 13.2 Å². The number of rotatable bonds is 8. The third-order valence-electron chi connectivity index (χ3n) is 4.60. The predicted octanol–water partition coefficient (Wildman–Crippen LogP) is 3.49. The number of aromatic amines is 1. The van der Waals surface area contributed by atoms with Gasteiger partial charge in [-0.15, -0.1) is 12.4 Å². The van der Waals surface area contributed by atoms with Crippen molar-refractivity contribution in [2.45, 2.75) is 17.0 Å². The van der Waals surface area contributed by atoms with E-state index in [1.807, 2.05) is 30.3 Å². The molecule has 4 aromatic rings. The lowest BCUT2D eigenvalue weighted by Crippen LogP contribution is -2.17. The van der Waals surface area contributed by atoms with Crippen molar-refractivity contribution in [3.05, 3.63) is 89.0 Å². The van der Waals surface area contributed by atoms with Crippen LogP contribution in [0.2, 0.25) is 0 Å². The summed E-state index contributed by atoms with van der Waals surface area (Å²) in [6.07, 6.45) is 1.46. The second-order valence-corrected chi connectivity index (χ2v) is 9.94. The molecule has 0 unspecified atom stereocenters. The molecule has 4 rings (SSSR count). The largest absolute Gasteiger partial charge is 0.325 e. The average Bonchev–Trinajstić information content (AvgIpc) is 2.83. The Labute approximate surface area is 217 Å². The molecule has 2 heterocycles. The molecule has 2 aromatic carbocycles. The van der Waals surface area contributed by atoms with Gasteiger partial charge in [-0.3, -0.25) is 9.59 Å². The van der Waals surface area contributed by atoms with Crippen molar-refractivity contribution >= 4 is 51.7 Å². The lowest BCUT2D eigenvalue weighted by molar-refractivity contribution is -0.113. The first kappa shape index (κ1) is 26.9. The molecule has 186 valence electrons. The van der Waals surface area contributed by atoms with E-state index in [0.717, 1.165) is 17.3 Å². The van der Waals surface area contributed by atoms with Gasteiger partial charge in [-0.25, -0.2) is 28.1 Å². The minimum Gasteiger partial charge on any atom is -0.325 e. The molecule has 0 saturated carbocycles. The van der Waals surface area contributed by atoms with Crippen LogP contribution in [0.5, 0.6) is 0 Å². The maximum absolute atomic E-state index is 12.5. The molecule has 13 heteroatoms. The SMILES string of the molecule is Cc1ccnc(NS(=O)(=O)c2ccc(NC(=O)CSc3nc(-c4ccccc4)cc(=O)[nH]3)cc2)n1.Cl. The normalized spacial score (nSPS) is 10.8. The third-order valence-corrected chi connectivity index (χ3v) is 6.82. The summed E-state index contributed by atoms with van der Waals surface area (Å²) >= 11 is 1.08. The highest BCUT2D eigenvalue weighted by atomic mass is 35.5. The second-order valence-electron chi connectivity index (χ2n) is 7.29. The van der Waals surface area contributed by atoms with Crippen molar-refractivity contribution in [1.29, 1.82) is 0 Å². The van der Waals surface area contributed by atoms with Gasteiger partial charge in [-0.05, 0) is 37.3 Å². The van der Waals surface area contributed by atoms with Gasteiger partial charge in [-0.1, -0.05) is 42.1 Å². The Hall–Kier alpha value is -3.74. The second kappa shape index (κ2) is 11.8. The number of nitrogens with one attached hydrogen (secondary N) is 3. The summed E-state index contributed by atoms with van der Waals surface area (Å²) in [7, 11) is -3.89. The van der Waals surface area contributed by atoms with E-state index in [4.69, 9.17) is 0 Å². The molecule has 0 spiro atoms. The molecule has 0 aliphatic rings. The first-order chi connectivity index (χ1) is 16.8. The fourth-order valence-corrected chi connectivity index (χ4v) is 4.61. The van der Waals surface area contributed by atoms with Crippen molar-refractivity contribution in [2.75, 3.05) is 15.8 Å². The molecule has 1 amide bonds. The predicted molar refractivity (Wildman–Crippen MR) is 141 cm³/mol. The van der Waals surface area contributed by atoms with Crippen LogP contribution in [0, 0.1) is 6.92 Å². The highest BCUT2D eigenvalue weighted by Gasteiger charge is 2.16. The number of carbonyl (C=O) groups is 1. The molecule has 0 aliphatic heterocycles. The number of amides is 1. The van der Waals surface area contributed by atoms with E-state index >= 15 is 0 Å². The summed E-state index contributed by atoms with van der Waals surface area (Å²) in [6.45, 7) is 1.73. The molecular weight excluding hydrogens is 524 g/mol. The Bertz CT molecular complexity index is 1510. The van der Waals surface area contributed by atoms with Gasteiger partial charge in [0.1, 0.15) is 0 Å². The van der Waals surface area contributed by atoms with Crippen LogP contribution in [0.15, 0.2) is 87.8 Å². The van der Waals surface area contributed by atoms with Crippen molar-refractivity contribution in [2.24, 2.45) is 0 Å². The molecule has 0 saturated heterocycles. The summed E-state index contributed by atoms with van der Waals surface area (Å²) in [5.74, 6) is -0.375. The quantitative estimate of drug-likeness (QED) is 0.225. The zero-order valence-electron chi connectivity index (χ0n) is 18.8. The number of sulfonamides is 1. The average molecular weight is 545 g/mol. The summed E-state index contributed by atoms with van der Waals surface area (Å²) in [4.78, 5) is 39.3. The van der Waals surface area contributed by atoms with E-state index in [1.54, 1.807) is 13.0 Å². The zero-order valence-corrected chi connectivity index (χ0v) is 21.3. The number of benzene rings is 2. The number of halogens is 1. The van der Waals surface area contributed by atoms with Crippen molar-refractivity contribution in [1.82, 2.24) is 19.9 Å². The molecule has 3 N–H and O–H groups in total. The monoisotopic (exact) mass is 544 g/mol. The number of thioether (sulfide) groups is 1. The molecular formula is C23H21ClN6O4S2. The van der Waals surface area contributed by atoms with E-state index in [-0.39, 0.29) is 40.5 Å². The Morgan fingerprint density at radius 3 is 2.44 bits per heavy atom. The fraction of sp³-hybridized carbons (Fsp3) is 0.0870. The highest BCUT2D eigenvalue weighted by molar-refractivity contribution is 7.99. The molecule has 0 aliphatic carbocycles. The van der Waals surface area contributed by atoms with Crippen LogP contribution in [0.1, 0.15) is 5.69 Å². The number of anilines is 2. The number of nitrogens with zero attached hydrogens (tertiary/aromatic N) is 3. The lowest BCUT2D eigenvalue weighted by atomic mass is 10.1. The van der Waals surface area contributed by atoms with Crippen LogP contribution >= 0.6 is 24.2 Å². The van der Waals surface area contributed by atoms with E-state index < -0.39 is 10.0 Å². The first-order valence-electron chi connectivity index (χ1n) is 10.3.